The Kier molecular flexibility index (Phi) is 5.84. The Morgan fingerprint density at radius 2 is 1.85 bits per heavy atom. The van der Waals surface area contributed by atoms with E-state index in [2.05, 4.69) is 17.6 Å². The number of nitrogens with zero attached hydrogens (tertiary/aromatic N) is 2. The van der Waals surface area contributed by atoms with E-state index in [0.29, 0.717) is 5.75 Å². The van der Waals surface area contributed by atoms with Crippen molar-refractivity contribution in [2.24, 2.45) is 5.92 Å². The molecule has 0 aliphatic carbocycles. The van der Waals surface area contributed by atoms with Gasteiger partial charge in [-0.15, -0.1) is 11.8 Å². The Balaban J connectivity index is 1.79. The summed E-state index contributed by atoms with van der Waals surface area (Å²) < 4.78 is 13.1. The molecule has 0 radical (unpaired) electrons. The Hall–Kier alpha value is -1.64. The van der Waals surface area contributed by atoms with Crippen LogP contribution in [0.3, 0.4) is 0 Å². The van der Waals surface area contributed by atoms with Crippen LogP contribution >= 0.6 is 11.8 Å². The van der Waals surface area contributed by atoms with Crippen LogP contribution in [-0.2, 0) is 10.5 Å². The number of benzene rings is 1. The number of urea groups is 1. The van der Waals surface area contributed by atoms with Crippen LogP contribution in [0.1, 0.15) is 25.3 Å². The first-order valence-electron chi connectivity index (χ1n) is 8.85. The van der Waals surface area contributed by atoms with Crippen molar-refractivity contribution in [3.8, 4) is 0 Å². The van der Waals surface area contributed by atoms with E-state index in [1.165, 1.54) is 24.1 Å². The van der Waals surface area contributed by atoms with Crippen molar-refractivity contribution in [1.29, 1.82) is 0 Å². The molecule has 142 valence electrons. The fourth-order valence-corrected chi connectivity index (χ4v) is 4.79. The third-order valence-corrected chi connectivity index (χ3v) is 6.23. The van der Waals surface area contributed by atoms with Crippen LogP contribution < -0.4 is 10.6 Å². The molecule has 26 heavy (non-hydrogen) atoms. The fraction of sp³-hybridized carbons (Fsp3) is 0.556. The van der Waals surface area contributed by atoms with Crippen LogP contribution in [0.15, 0.2) is 24.3 Å². The highest BCUT2D eigenvalue weighted by molar-refractivity contribution is 7.99. The maximum atomic E-state index is 13.1. The number of amides is 3. The van der Waals surface area contributed by atoms with Crippen LogP contribution in [0.2, 0.25) is 0 Å². The van der Waals surface area contributed by atoms with E-state index in [4.69, 9.17) is 0 Å². The zero-order valence-corrected chi connectivity index (χ0v) is 16.1. The molecule has 2 aliphatic heterocycles. The van der Waals surface area contributed by atoms with Gasteiger partial charge in [-0.2, -0.15) is 0 Å². The second-order valence-electron chi connectivity index (χ2n) is 6.79. The lowest BCUT2D eigenvalue weighted by Crippen LogP contribution is -2.74. The van der Waals surface area contributed by atoms with Crippen molar-refractivity contribution in [2.45, 2.75) is 43.2 Å². The molecule has 3 rings (SSSR count). The van der Waals surface area contributed by atoms with E-state index in [0.717, 1.165) is 18.4 Å². The highest BCUT2D eigenvalue weighted by Gasteiger charge is 2.50. The van der Waals surface area contributed by atoms with Crippen molar-refractivity contribution < 1.29 is 14.0 Å². The number of rotatable bonds is 5. The first kappa shape index (κ1) is 19.1. The summed E-state index contributed by atoms with van der Waals surface area (Å²) in [6.07, 6.45) is 1.61. The molecule has 0 aromatic heterocycles. The molecule has 4 unspecified atom stereocenters. The van der Waals surface area contributed by atoms with Gasteiger partial charge in [0.1, 0.15) is 5.82 Å². The maximum absolute atomic E-state index is 13.1. The quantitative estimate of drug-likeness (QED) is 0.820. The highest BCUT2D eigenvalue weighted by Crippen LogP contribution is 2.33. The molecule has 2 saturated heterocycles. The summed E-state index contributed by atoms with van der Waals surface area (Å²) in [5.74, 6) is -0.147. The summed E-state index contributed by atoms with van der Waals surface area (Å²) in [4.78, 5) is 27.9. The Morgan fingerprint density at radius 3 is 2.50 bits per heavy atom. The van der Waals surface area contributed by atoms with Gasteiger partial charge in [0.25, 0.3) is 0 Å². The van der Waals surface area contributed by atoms with Crippen molar-refractivity contribution in [1.82, 2.24) is 20.4 Å². The molecule has 3 amide bonds. The summed E-state index contributed by atoms with van der Waals surface area (Å²) in [5, 5.41) is 6.79. The molecule has 2 fully saturated rings. The molecule has 1 aromatic rings. The average molecular weight is 380 g/mol. The standard InChI is InChI=1S/C18H25FN4O2S/c1-4-5-13-20-15-14(17(24)23(3)18(25)22(15)2)16(21-13)26-10-11-6-8-12(19)9-7-11/h6-9,13-16,20-21H,4-5,10H2,1-3H3. The summed E-state index contributed by atoms with van der Waals surface area (Å²) in [6, 6.07) is 6.12. The second kappa shape index (κ2) is 7.94. The molecule has 0 bridgehead atoms. The number of thioether (sulfide) groups is 1. The van der Waals surface area contributed by atoms with Crippen LogP contribution in [0.25, 0.3) is 0 Å². The number of carbonyl (C=O) groups excluding carboxylic acids is 2. The average Bonchev–Trinajstić information content (AvgIpc) is 2.64. The molecule has 4 atom stereocenters. The summed E-state index contributed by atoms with van der Waals surface area (Å²) in [5.41, 5.74) is 1.00. The van der Waals surface area contributed by atoms with Crippen molar-refractivity contribution in [2.75, 3.05) is 14.1 Å². The highest BCUT2D eigenvalue weighted by atomic mass is 32.2. The van der Waals surface area contributed by atoms with Gasteiger partial charge in [-0.3, -0.25) is 20.3 Å². The second-order valence-corrected chi connectivity index (χ2v) is 7.92. The molecule has 6 nitrogen and oxygen atoms in total. The SMILES string of the molecule is CCCC1NC(SCc2ccc(F)cc2)C2C(=O)N(C)C(=O)N(C)C2N1. The van der Waals surface area contributed by atoms with Gasteiger partial charge in [0.15, 0.2) is 0 Å². The first-order valence-corrected chi connectivity index (χ1v) is 9.89. The number of hydrogen-bond acceptors (Lipinski definition) is 5. The predicted molar refractivity (Wildman–Crippen MR) is 99.7 cm³/mol. The van der Waals surface area contributed by atoms with E-state index < -0.39 is 0 Å². The Labute approximate surface area is 157 Å². The summed E-state index contributed by atoms with van der Waals surface area (Å²) >= 11 is 1.62. The predicted octanol–water partition coefficient (Wildman–Crippen LogP) is 2.17. The van der Waals surface area contributed by atoms with Crippen LogP contribution in [0.5, 0.6) is 0 Å². The number of imide groups is 1. The van der Waals surface area contributed by atoms with Gasteiger partial charge >= 0.3 is 6.03 Å². The Bertz CT molecular complexity index is 672. The van der Waals surface area contributed by atoms with E-state index >= 15 is 0 Å². The number of hydrogen-bond donors (Lipinski definition) is 2. The van der Waals surface area contributed by atoms with Crippen LogP contribution in [-0.4, -0.2) is 53.5 Å². The lowest BCUT2D eigenvalue weighted by Gasteiger charge is -2.50. The zero-order chi connectivity index (χ0) is 18.8. The monoisotopic (exact) mass is 380 g/mol. The molecule has 1 aromatic carbocycles. The van der Waals surface area contributed by atoms with Crippen LogP contribution in [0, 0.1) is 11.7 Å². The summed E-state index contributed by atoms with van der Waals surface area (Å²) in [7, 11) is 3.25. The van der Waals surface area contributed by atoms with Crippen molar-refractivity contribution in [3.63, 3.8) is 0 Å². The first-order chi connectivity index (χ1) is 12.4. The normalized spacial score (nSPS) is 29.1. The van der Waals surface area contributed by atoms with E-state index in [1.807, 2.05) is 0 Å². The van der Waals surface area contributed by atoms with Crippen LogP contribution in [0.4, 0.5) is 9.18 Å². The third kappa shape index (κ3) is 3.72. The topological polar surface area (TPSA) is 64.7 Å². The van der Waals surface area contributed by atoms with Crippen molar-refractivity contribution in [3.05, 3.63) is 35.6 Å². The van der Waals surface area contributed by atoms with Crippen molar-refractivity contribution >= 4 is 23.7 Å². The zero-order valence-electron chi connectivity index (χ0n) is 15.2. The van der Waals surface area contributed by atoms with E-state index in [9.17, 15) is 14.0 Å². The molecule has 8 heteroatoms. The van der Waals surface area contributed by atoms with E-state index in [-0.39, 0.29) is 41.4 Å². The smallest absolute Gasteiger partial charge is 0.311 e. The summed E-state index contributed by atoms with van der Waals surface area (Å²) in [6.45, 7) is 2.10. The van der Waals surface area contributed by atoms with Gasteiger partial charge < -0.3 is 4.90 Å². The number of carbonyl (C=O) groups is 2. The maximum Gasteiger partial charge on any atom is 0.327 e. The fourth-order valence-electron chi connectivity index (χ4n) is 3.49. The number of fused-ring (bicyclic) bond motifs is 1. The Morgan fingerprint density at radius 1 is 1.15 bits per heavy atom. The lowest BCUT2D eigenvalue weighted by atomic mass is 9.96. The van der Waals surface area contributed by atoms with Gasteiger partial charge in [-0.05, 0) is 24.1 Å². The molecular formula is C18H25FN4O2S. The van der Waals surface area contributed by atoms with Gasteiger partial charge in [0.05, 0.1) is 23.6 Å². The molecular weight excluding hydrogens is 355 g/mol. The van der Waals surface area contributed by atoms with Gasteiger partial charge in [-0.25, -0.2) is 9.18 Å². The van der Waals surface area contributed by atoms with E-state index in [1.54, 1.807) is 35.8 Å². The molecule has 2 heterocycles. The molecule has 2 N–H and O–H groups in total. The van der Waals surface area contributed by atoms with Gasteiger partial charge in [0.2, 0.25) is 5.91 Å². The molecule has 0 spiro atoms. The number of halogens is 1. The third-order valence-electron chi connectivity index (χ3n) is 4.95. The minimum atomic E-state index is -0.374. The van der Waals surface area contributed by atoms with Gasteiger partial charge in [0, 0.05) is 19.8 Å². The minimum absolute atomic E-state index is 0.0402. The molecule has 2 aliphatic rings. The largest absolute Gasteiger partial charge is 0.327 e. The molecule has 0 saturated carbocycles. The minimum Gasteiger partial charge on any atom is -0.311 e. The van der Waals surface area contributed by atoms with Gasteiger partial charge in [-0.1, -0.05) is 25.5 Å². The number of nitrogens with one attached hydrogen (secondary N) is 2. The lowest BCUT2D eigenvalue weighted by molar-refractivity contribution is -0.140.